The van der Waals surface area contributed by atoms with Gasteiger partial charge in [0.05, 0.1) is 6.54 Å². The van der Waals surface area contributed by atoms with Gasteiger partial charge in [-0.3, -0.25) is 9.59 Å². The molecular formula is C23H30N4O2. The second-order valence-corrected chi connectivity index (χ2v) is 7.50. The van der Waals surface area contributed by atoms with Crippen LogP contribution in [0.4, 0.5) is 0 Å². The topological polar surface area (TPSA) is 87.5 Å². The summed E-state index contributed by atoms with van der Waals surface area (Å²) in [6.07, 6.45) is 2.24. The first-order valence-corrected chi connectivity index (χ1v) is 10.3. The highest BCUT2D eigenvalue weighted by Crippen LogP contribution is 2.09. The van der Waals surface area contributed by atoms with Crippen molar-refractivity contribution in [2.75, 3.05) is 39.3 Å². The van der Waals surface area contributed by atoms with Crippen molar-refractivity contribution in [1.29, 1.82) is 0 Å². The van der Waals surface area contributed by atoms with Gasteiger partial charge in [-0.2, -0.15) is 0 Å². The third-order valence-electron chi connectivity index (χ3n) is 5.29. The number of aryl methyl sites for hydroxylation is 1. The molecule has 1 fully saturated rings. The van der Waals surface area contributed by atoms with E-state index in [2.05, 4.69) is 45.9 Å². The Morgan fingerprint density at radius 2 is 1.79 bits per heavy atom. The van der Waals surface area contributed by atoms with E-state index >= 15 is 0 Å². The molecular weight excluding hydrogens is 364 g/mol. The van der Waals surface area contributed by atoms with E-state index in [1.165, 1.54) is 5.56 Å². The summed E-state index contributed by atoms with van der Waals surface area (Å²) in [4.78, 5) is 26.4. The van der Waals surface area contributed by atoms with Crippen molar-refractivity contribution < 1.29 is 9.59 Å². The van der Waals surface area contributed by atoms with Crippen molar-refractivity contribution in [2.45, 2.75) is 18.9 Å². The van der Waals surface area contributed by atoms with Gasteiger partial charge in [0.2, 0.25) is 5.91 Å². The number of hydrogen-bond donors (Lipinski definition) is 3. The quantitative estimate of drug-likeness (QED) is 0.531. The lowest BCUT2D eigenvalue weighted by Gasteiger charge is -2.33. The maximum atomic E-state index is 12.5. The van der Waals surface area contributed by atoms with Crippen LogP contribution >= 0.6 is 0 Å². The van der Waals surface area contributed by atoms with Crippen LogP contribution in [0.15, 0.2) is 54.6 Å². The molecule has 1 unspecified atom stereocenters. The highest BCUT2D eigenvalue weighted by Gasteiger charge is 2.19. The first-order valence-electron chi connectivity index (χ1n) is 10.3. The SMILES string of the molecule is NC(=O)c1ccccc1C(=O)CNCC1CN(CCCc2ccccc2)CCN1. The van der Waals surface area contributed by atoms with Crippen LogP contribution in [0.2, 0.25) is 0 Å². The van der Waals surface area contributed by atoms with E-state index < -0.39 is 5.91 Å². The summed E-state index contributed by atoms with van der Waals surface area (Å²) in [5.41, 5.74) is 7.41. The second-order valence-electron chi connectivity index (χ2n) is 7.50. The molecule has 2 aromatic carbocycles. The standard InChI is InChI=1S/C23H30N4O2/c24-23(29)21-11-5-4-10-20(21)22(28)16-25-15-19-17-27(14-12-26-19)13-6-9-18-7-2-1-3-8-18/h1-5,7-8,10-11,19,25-26H,6,9,12-17H2,(H2,24,29). The molecule has 1 saturated heterocycles. The molecule has 6 heteroatoms. The number of primary amides is 1. The molecule has 0 aliphatic carbocycles. The van der Waals surface area contributed by atoms with Crippen molar-refractivity contribution in [3.05, 3.63) is 71.3 Å². The van der Waals surface area contributed by atoms with E-state index in [4.69, 9.17) is 5.73 Å². The molecule has 6 nitrogen and oxygen atoms in total. The predicted molar refractivity (Wildman–Crippen MR) is 115 cm³/mol. The van der Waals surface area contributed by atoms with E-state index in [-0.39, 0.29) is 17.9 Å². The predicted octanol–water partition coefficient (Wildman–Crippen LogP) is 1.46. The van der Waals surface area contributed by atoms with Crippen LogP contribution in [0.1, 0.15) is 32.7 Å². The number of carbonyl (C=O) groups excluding carboxylic acids is 2. The molecule has 1 aliphatic rings. The molecule has 0 radical (unpaired) electrons. The molecule has 1 amide bonds. The van der Waals surface area contributed by atoms with Crippen molar-refractivity contribution in [3.8, 4) is 0 Å². The van der Waals surface area contributed by atoms with Gasteiger partial charge < -0.3 is 21.3 Å². The molecule has 0 aromatic heterocycles. The Kier molecular flexibility index (Phi) is 7.93. The zero-order valence-corrected chi connectivity index (χ0v) is 16.8. The van der Waals surface area contributed by atoms with Crippen LogP contribution in [0.25, 0.3) is 0 Å². The van der Waals surface area contributed by atoms with Gasteiger partial charge in [-0.15, -0.1) is 0 Å². The molecule has 154 valence electrons. The smallest absolute Gasteiger partial charge is 0.249 e. The molecule has 2 aromatic rings. The van der Waals surface area contributed by atoms with Crippen LogP contribution in [-0.4, -0.2) is 61.9 Å². The minimum atomic E-state index is -0.575. The first kappa shape index (κ1) is 21.2. The van der Waals surface area contributed by atoms with Crippen LogP contribution in [-0.2, 0) is 6.42 Å². The summed E-state index contributed by atoms with van der Waals surface area (Å²) in [7, 11) is 0. The van der Waals surface area contributed by atoms with Crippen molar-refractivity contribution in [3.63, 3.8) is 0 Å². The van der Waals surface area contributed by atoms with Gasteiger partial charge >= 0.3 is 0 Å². The minimum Gasteiger partial charge on any atom is -0.366 e. The van der Waals surface area contributed by atoms with Crippen molar-refractivity contribution in [2.24, 2.45) is 5.73 Å². The number of nitrogens with zero attached hydrogens (tertiary/aromatic N) is 1. The van der Waals surface area contributed by atoms with Gasteiger partial charge in [-0.1, -0.05) is 48.5 Å². The minimum absolute atomic E-state index is 0.116. The monoisotopic (exact) mass is 394 g/mol. The van der Waals surface area contributed by atoms with Crippen LogP contribution in [0, 0.1) is 0 Å². The maximum absolute atomic E-state index is 12.5. The van der Waals surface area contributed by atoms with Gasteiger partial charge in [-0.05, 0) is 31.0 Å². The Labute approximate surface area is 172 Å². The van der Waals surface area contributed by atoms with Gasteiger partial charge in [0, 0.05) is 43.3 Å². The number of nitrogens with one attached hydrogen (secondary N) is 2. The maximum Gasteiger partial charge on any atom is 0.249 e. The molecule has 1 atom stereocenters. The van der Waals surface area contributed by atoms with E-state index in [1.807, 2.05) is 0 Å². The largest absolute Gasteiger partial charge is 0.366 e. The Morgan fingerprint density at radius 1 is 1.07 bits per heavy atom. The lowest BCUT2D eigenvalue weighted by atomic mass is 10.0. The normalized spacial score (nSPS) is 17.2. The molecule has 0 bridgehead atoms. The fourth-order valence-corrected chi connectivity index (χ4v) is 3.78. The Hall–Kier alpha value is -2.54. The Balaban J connectivity index is 1.39. The highest BCUT2D eigenvalue weighted by molar-refractivity contribution is 6.08. The number of amides is 1. The van der Waals surface area contributed by atoms with E-state index in [9.17, 15) is 9.59 Å². The average molecular weight is 395 g/mol. The second kappa shape index (κ2) is 10.9. The molecule has 0 saturated carbocycles. The molecule has 4 N–H and O–H groups in total. The molecule has 0 spiro atoms. The molecule has 1 heterocycles. The van der Waals surface area contributed by atoms with Gasteiger partial charge in [-0.25, -0.2) is 0 Å². The van der Waals surface area contributed by atoms with Crippen LogP contribution in [0.5, 0.6) is 0 Å². The number of nitrogens with two attached hydrogens (primary N) is 1. The third-order valence-corrected chi connectivity index (χ3v) is 5.29. The number of piperazine rings is 1. The number of ketones is 1. The lowest BCUT2D eigenvalue weighted by Crippen LogP contribution is -2.54. The lowest BCUT2D eigenvalue weighted by molar-refractivity contribution is 0.0961. The zero-order chi connectivity index (χ0) is 20.5. The van der Waals surface area contributed by atoms with E-state index in [0.29, 0.717) is 18.2 Å². The average Bonchev–Trinajstić information content (AvgIpc) is 2.75. The fraction of sp³-hybridized carbons (Fsp3) is 0.391. The zero-order valence-electron chi connectivity index (χ0n) is 16.8. The summed E-state index contributed by atoms with van der Waals surface area (Å²) >= 11 is 0. The fourth-order valence-electron chi connectivity index (χ4n) is 3.78. The van der Waals surface area contributed by atoms with E-state index in [0.717, 1.165) is 39.0 Å². The number of benzene rings is 2. The molecule has 3 rings (SSSR count). The number of rotatable bonds is 10. The van der Waals surface area contributed by atoms with Gasteiger partial charge in [0.1, 0.15) is 0 Å². The first-order chi connectivity index (χ1) is 14.1. The Morgan fingerprint density at radius 3 is 2.55 bits per heavy atom. The number of Topliss-reactive ketones (excluding diaryl/α,β-unsaturated/α-hetero) is 1. The van der Waals surface area contributed by atoms with Gasteiger partial charge in [0.25, 0.3) is 0 Å². The number of hydrogen-bond acceptors (Lipinski definition) is 5. The van der Waals surface area contributed by atoms with Crippen molar-refractivity contribution in [1.82, 2.24) is 15.5 Å². The summed E-state index contributed by atoms with van der Waals surface area (Å²) < 4.78 is 0. The van der Waals surface area contributed by atoms with E-state index in [1.54, 1.807) is 24.3 Å². The van der Waals surface area contributed by atoms with Gasteiger partial charge in [0.15, 0.2) is 5.78 Å². The summed E-state index contributed by atoms with van der Waals surface area (Å²) in [5.74, 6) is -0.691. The van der Waals surface area contributed by atoms with Crippen LogP contribution in [0.3, 0.4) is 0 Å². The molecule has 1 aliphatic heterocycles. The Bertz CT molecular complexity index is 810. The third kappa shape index (κ3) is 6.49. The highest BCUT2D eigenvalue weighted by atomic mass is 16.1. The van der Waals surface area contributed by atoms with Crippen LogP contribution < -0.4 is 16.4 Å². The summed E-state index contributed by atoms with van der Waals surface area (Å²) in [5, 5.41) is 6.74. The van der Waals surface area contributed by atoms with Crippen molar-refractivity contribution >= 4 is 11.7 Å². The number of carbonyl (C=O) groups is 2. The molecule has 29 heavy (non-hydrogen) atoms. The summed E-state index contributed by atoms with van der Waals surface area (Å²) in [6, 6.07) is 17.6. The summed E-state index contributed by atoms with van der Waals surface area (Å²) in [6.45, 7) is 4.95.